The highest BCUT2D eigenvalue weighted by Crippen LogP contribution is 2.34. The molecule has 0 unspecified atom stereocenters. The third-order valence-corrected chi connectivity index (χ3v) is 5.28. The van der Waals surface area contributed by atoms with Crippen molar-refractivity contribution in [3.05, 3.63) is 47.0 Å². The lowest BCUT2D eigenvalue weighted by atomic mass is 10.1. The molecule has 0 bridgehead atoms. The number of fused-ring (bicyclic) bond motifs is 1. The number of hydrazine groups is 1. The van der Waals surface area contributed by atoms with Gasteiger partial charge in [0.25, 0.3) is 5.91 Å². The number of amides is 1. The van der Waals surface area contributed by atoms with Crippen LogP contribution >= 0.6 is 24.0 Å². The highest BCUT2D eigenvalue weighted by atomic mass is 32.2. The zero-order valence-corrected chi connectivity index (χ0v) is 14.5. The topological polar surface area (TPSA) is 45.7 Å². The van der Waals surface area contributed by atoms with E-state index in [9.17, 15) is 4.79 Å². The Morgan fingerprint density at radius 1 is 1.21 bits per heavy atom. The number of hydrogen-bond donors (Lipinski definition) is 0. The van der Waals surface area contributed by atoms with Crippen LogP contribution in [0, 0.1) is 0 Å². The predicted molar refractivity (Wildman–Crippen MR) is 99.1 cm³/mol. The molecule has 1 aromatic carbocycles. The second kappa shape index (κ2) is 6.60. The molecule has 0 saturated carbocycles. The second-order valence-electron chi connectivity index (χ2n) is 5.48. The van der Waals surface area contributed by atoms with Gasteiger partial charge in [-0.15, -0.1) is 0 Å². The van der Waals surface area contributed by atoms with Crippen LogP contribution in [-0.2, 0) is 9.53 Å². The van der Waals surface area contributed by atoms with Crippen LogP contribution < -0.4 is 0 Å². The minimum Gasteiger partial charge on any atom is -0.379 e. The maximum absolute atomic E-state index is 12.8. The monoisotopic (exact) mass is 357 g/mol. The molecule has 1 aromatic heterocycles. The van der Waals surface area contributed by atoms with Crippen LogP contribution in [0.1, 0.15) is 5.56 Å². The lowest BCUT2D eigenvalue weighted by molar-refractivity contribution is -0.138. The van der Waals surface area contributed by atoms with E-state index in [4.69, 9.17) is 17.0 Å². The lowest BCUT2D eigenvalue weighted by Gasteiger charge is -2.33. The first kappa shape index (κ1) is 15.7. The van der Waals surface area contributed by atoms with E-state index in [1.165, 1.54) is 11.8 Å². The number of thioether (sulfide) groups is 1. The summed E-state index contributed by atoms with van der Waals surface area (Å²) in [6.07, 6.45) is 3.65. The molecule has 2 fully saturated rings. The van der Waals surface area contributed by atoms with Gasteiger partial charge in [0.15, 0.2) is 4.32 Å². The fourth-order valence-electron chi connectivity index (χ4n) is 2.84. The number of nitrogens with zero attached hydrogens (tertiary/aromatic N) is 3. The molecule has 7 heteroatoms. The molecule has 2 saturated heterocycles. The summed E-state index contributed by atoms with van der Waals surface area (Å²) in [5.74, 6) is -0.0696. The van der Waals surface area contributed by atoms with Crippen molar-refractivity contribution in [1.29, 1.82) is 0 Å². The predicted octanol–water partition coefficient (Wildman–Crippen LogP) is 2.68. The van der Waals surface area contributed by atoms with Crippen LogP contribution in [0.2, 0.25) is 0 Å². The number of morpholine rings is 1. The molecule has 0 atom stereocenters. The van der Waals surface area contributed by atoms with E-state index in [-0.39, 0.29) is 5.91 Å². The maximum atomic E-state index is 12.8. The average molecular weight is 357 g/mol. The van der Waals surface area contributed by atoms with Crippen LogP contribution in [0.3, 0.4) is 0 Å². The Morgan fingerprint density at radius 2 is 2.00 bits per heavy atom. The Hall–Kier alpha value is -1.80. The van der Waals surface area contributed by atoms with Gasteiger partial charge in [0.1, 0.15) is 0 Å². The third kappa shape index (κ3) is 2.84. The van der Waals surface area contributed by atoms with Crippen molar-refractivity contribution >= 4 is 51.2 Å². The molecule has 0 radical (unpaired) electrons. The minimum atomic E-state index is -0.0696. The Labute approximate surface area is 149 Å². The Balaban J connectivity index is 1.67. The molecule has 1 amide bonds. The first-order valence-corrected chi connectivity index (χ1v) is 8.91. The fourth-order valence-corrected chi connectivity index (χ4v) is 4.14. The Morgan fingerprint density at radius 3 is 2.83 bits per heavy atom. The van der Waals surface area contributed by atoms with Crippen LogP contribution in [0.4, 0.5) is 0 Å². The van der Waals surface area contributed by atoms with Gasteiger partial charge in [0.2, 0.25) is 0 Å². The average Bonchev–Trinajstić information content (AvgIpc) is 2.90. The number of carbonyl (C=O) groups excluding carboxylic acids is 1. The highest BCUT2D eigenvalue weighted by Gasteiger charge is 2.37. The van der Waals surface area contributed by atoms with Crippen molar-refractivity contribution in [1.82, 2.24) is 15.0 Å². The van der Waals surface area contributed by atoms with Gasteiger partial charge in [-0.05, 0) is 12.1 Å². The molecule has 0 spiro atoms. The van der Waals surface area contributed by atoms with Gasteiger partial charge in [0, 0.05) is 30.2 Å². The minimum absolute atomic E-state index is 0.0696. The molecule has 3 heterocycles. The third-order valence-electron chi connectivity index (χ3n) is 3.99. The molecular weight excluding hydrogens is 342 g/mol. The smallest absolute Gasteiger partial charge is 0.280 e. The van der Waals surface area contributed by atoms with E-state index in [1.54, 1.807) is 11.2 Å². The van der Waals surface area contributed by atoms with Gasteiger partial charge in [-0.25, -0.2) is 10.0 Å². The van der Waals surface area contributed by atoms with Gasteiger partial charge >= 0.3 is 0 Å². The molecule has 2 aliphatic rings. The quantitative estimate of drug-likeness (QED) is 0.608. The summed E-state index contributed by atoms with van der Waals surface area (Å²) in [5, 5.41) is 4.62. The van der Waals surface area contributed by atoms with Crippen molar-refractivity contribution in [2.75, 3.05) is 26.3 Å². The van der Waals surface area contributed by atoms with Crippen LogP contribution in [0.5, 0.6) is 0 Å². The van der Waals surface area contributed by atoms with Crippen molar-refractivity contribution < 1.29 is 9.53 Å². The highest BCUT2D eigenvalue weighted by molar-refractivity contribution is 8.26. The number of carbonyl (C=O) groups is 1. The SMILES string of the molecule is O=C1/C(=C/c2cccc3cccnc23)SC(=S)N1N1CCOCC1. The van der Waals surface area contributed by atoms with E-state index in [0.29, 0.717) is 35.5 Å². The van der Waals surface area contributed by atoms with Crippen LogP contribution in [0.25, 0.3) is 17.0 Å². The van der Waals surface area contributed by atoms with Gasteiger partial charge in [-0.2, -0.15) is 0 Å². The van der Waals surface area contributed by atoms with Gasteiger partial charge in [0.05, 0.1) is 23.6 Å². The standard InChI is InChI=1S/C17H15N3O2S2/c21-16-14(24-17(23)20(16)19-7-9-22-10-8-19)11-13-4-1-3-12-5-2-6-18-15(12)13/h1-6,11H,7-10H2/b14-11-. The van der Waals surface area contributed by atoms with Gasteiger partial charge < -0.3 is 4.74 Å². The fraction of sp³-hybridized carbons (Fsp3) is 0.235. The summed E-state index contributed by atoms with van der Waals surface area (Å²) in [6.45, 7) is 2.58. The van der Waals surface area contributed by atoms with Crippen molar-refractivity contribution in [3.8, 4) is 0 Å². The number of benzene rings is 1. The second-order valence-corrected chi connectivity index (χ2v) is 7.16. The largest absolute Gasteiger partial charge is 0.379 e. The van der Waals surface area contributed by atoms with E-state index >= 15 is 0 Å². The molecule has 4 rings (SSSR count). The van der Waals surface area contributed by atoms with Crippen LogP contribution in [0.15, 0.2) is 41.4 Å². The van der Waals surface area contributed by atoms with Crippen molar-refractivity contribution in [2.24, 2.45) is 0 Å². The summed E-state index contributed by atoms with van der Waals surface area (Å²) in [6, 6.07) is 9.87. The molecule has 0 aliphatic carbocycles. The molecule has 24 heavy (non-hydrogen) atoms. The Kier molecular flexibility index (Phi) is 4.32. The summed E-state index contributed by atoms with van der Waals surface area (Å²) in [5.41, 5.74) is 1.81. The summed E-state index contributed by atoms with van der Waals surface area (Å²) in [4.78, 5) is 17.9. The molecular formula is C17H15N3O2S2. The summed E-state index contributed by atoms with van der Waals surface area (Å²) < 4.78 is 5.92. The molecule has 2 aromatic rings. The van der Waals surface area contributed by atoms with E-state index in [0.717, 1.165) is 16.5 Å². The number of ether oxygens (including phenoxy) is 1. The van der Waals surface area contributed by atoms with Gasteiger partial charge in [-0.1, -0.05) is 48.2 Å². The van der Waals surface area contributed by atoms with Crippen molar-refractivity contribution in [2.45, 2.75) is 0 Å². The van der Waals surface area contributed by atoms with Crippen LogP contribution in [-0.4, -0.2) is 51.5 Å². The summed E-state index contributed by atoms with van der Waals surface area (Å²) in [7, 11) is 0. The number of aromatic nitrogens is 1. The normalized spacial score (nSPS) is 21.2. The van der Waals surface area contributed by atoms with E-state index in [2.05, 4.69) is 4.98 Å². The van der Waals surface area contributed by atoms with E-state index < -0.39 is 0 Å². The molecule has 0 N–H and O–H groups in total. The first-order valence-electron chi connectivity index (χ1n) is 7.68. The molecule has 5 nitrogen and oxygen atoms in total. The maximum Gasteiger partial charge on any atom is 0.280 e. The number of para-hydroxylation sites is 1. The molecule has 2 aliphatic heterocycles. The summed E-state index contributed by atoms with van der Waals surface area (Å²) >= 11 is 6.75. The van der Waals surface area contributed by atoms with Gasteiger partial charge in [-0.3, -0.25) is 9.78 Å². The number of pyridine rings is 1. The lowest BCUT2D eigenvalue weighted by Crippen LogP contribution is -2.50. The number of hydrogen-bond acceptors (Lipinski definition) is 6. The van der Waals surface area contributed by atoms with E-state index in [1.807, 2.05) is 41.4 Å². The first-order chi connectivity index (χ1) is 11.7. The number of rotatable bonds is 2. The zero-order chi connectivity index (χ0) is 16.5. The molecule has 122 valence electrons. The Bertz CT molecular complexity index is 841. The van der Waals surface area contributed by atoms with Crippen molar-refractivity contribution in [3.63, 3.8) is 0 Å². The zero-order valence-electron chi connectivity index (χ0n) is 12.8. The number of thiocarbonyl (C=S) groups is 1.